The molecule has 1 aromatic carbocycles. The maximum absolute atomic E-state index is 10.5. The monoisotopic (exact) mass is 231 g/mol. The molecule has 2 aromatic rings. The van der Waals surface area contributed by atoms with Gasteiger partial charge in [-0.1, -0.05) is 12.1 Å². The topological polar surface area (TPSA) is 71.8 Å². The van der Waals surface area contributed by atoms with Crippen molar-refractivity contribution in [1.82, 2.24) is 10.2 Å². The minimum absolute atomic E-state index is 0.120. The first-order valence-electron chi connectivity index (χ1n) is 5.31. The molecule has 5 heteroatoms. The molecule has 1 heterocycles. The lowest BCUT2D eigenvalue weighted by atomic mass is 10.0. The summed E-state index contributed by atoms with van der Waals surface area (Å²) < 4.78 is 0. The van der Waals surface area contributed by atoms with E-state index in [4.69, 9.17) is 0 Å². The molecule has 0 aliphatic rings. The number of non-ortho nitro benzene ring substituents is 1. The summed E-state index contributed by atoms with van der Waals surface area (Å²) in [5.74, 6) is 0. The van der Waals surface area contributed by atoms with Crippen molar-refractivity contribution in [2.45, 2.75) is 20.3 Å². The highest BCUT2D eigenvalue weighted by atomic mass is 16.6. The molecule has 0 fully saturated rings. The molecule has 1 N–H and O–H groups in total. The number of hydrogen-bond donors (Lipinski definition) is 1. The number of nitro groups is 1. The van der Waals surface area contributed by atoms with Crippen LogP contribution in [0.1, 0.15) is 22.5 Å². The number of aromatic nitrogens is 2. The van der Waals surface area contributed by atoms with Gasteiger partial charge >= 0.3 is 0 Å². The van der Waals surface area contributed by atoms with E-state index in [-0.39, 0.29) is 5.69 Å². The van der Waals surface area contributed by atoms with Crippen molar-refractivity contribution >= 4 is 5.69 Å². The lowest BCUT2D eigenvalue weighted by Crippen LogP contribution is -1.93. The van der Waals surface area contributed by atoms with E-state index >= 15 is 0 Å². The molecule has 0 bridgehead atoms. The number of nitrogens with zero attached hydrogens (tertiary/aromatic N) is 2. The summed E-state index contributed by atoms with van der Waals surface area (Å²) in [5.41, 5.74) is 4.33. The summed E-state index contributed by atoms with van der Waals surface area (Å²) in [6, 6.07) is 6.62. The van der Waals surface area contributed by atoms with E-state index in [1.54, 1.807) is 12.1 Å². The third kappa shape index (κ3) is 2.33. The summed E-state index contributed by atoms with van der Waals surface area (Å²) in [7, 11) is 0. The number of aromatic amines is 1. The second-order valence-electron chi connectivity index (χ2n) is 4.01. The highest BCUT2D eigenvalue weighted by molar-refractivity contribution is 5.37. The van der Waals surface area contributed by atoms with E-state index in [2.05, 4.69) is 10.2 Å². The normalized spacial score (nSPS) is 10.5. The Morgan fingerprint density at radius 1 is 1.29 bits per heavy atom. The van der Waals surface area contributed by atoms with Gasteiger partial charge in [-0.25, -0.2) is 0 Å². The zero-order valence-corrected chi connectivity index (χ0v) is 9.73. The minimum Gasteiger partial charge on any atom is -0.282 e. The lowest BCUT2D eigenvalue weighted by molar-refractivity contribution is -0.384. The van der Waals surface area contributed by atoms with E-state index in [0.29, 0.717) is 0 Å². The molecule has 0 radical (unpaired) electrons. The molecule has 0 spiro atoms. The zero-order valence-electron chi connectivity index (χ0n) is 9.73. The van der Waals surface area contributed by atoms with Crippen molar-refractivity contribution in [3.05, 3.63) is 56.9 Å². The molecule has 0 unspecified atom stereocenters. The maximum atomic E-state index is 10.5. The third-order valence-electron chi connectivity index (χ3n) is 2.81. The average Bonchev–Trinajstić information content (AvgIpc) is 2.61. The molecule has 88 valence electrons. The zero-order chi connectivity index (χ0) is 12.4. The highest BCUT2D eigenvalue weighted by Crippen LogP contribution is 2.18. The van der Waals surface area contributed by atoms with Crippen LogP contribution in [0.3, 0.4) is 0 Å². The predicted octanol–water partition coefficient (Wildman–Crippen LogP) is 2.53. The Bertz CT molecular complexity index is 524. The van der Waals surface area contributed by atoms with Crippen LogP contribution in [-0.2, 0) is 6.42 Å². The predicted molar refractivity (Wildman–Crippen MR) is 64.0 cm³/mol. The van der Waals surface area contributed by atoms with Crippen LogP contribution in [0.15, 0.2) is 24.3 Å². The molecule has 0 atom stereocenters. The lowest BCUT2D eigenvalue weighted by Gasteiger charge is -2.01. The van der Waals surface area contributed by atoms with Crippen molar-refractivity contribution in [3.8, 4) is 0 Å². The Hall–Kier alpha value is -2.17. The summed E-state index contributed by atoms with van der Waals surface area (Å²) in [4.78, 5) is 10.1. The van der Waals surface area contributed by atoms with Crippen molar-refractivity contribution in [3.63, 3.8) is 0 Å². The van der Waals surface area contributed by atoms with E-state index in [1.807, 2.05) is 13.8 Å². The quantitative estimate of drug-likeness (QED) is 0.651. The maximum Gasteiger partial charge on any atom is 0.269 e. The molecular weight excluding hydrogens is 218 g/mol. The van der Waals surface area contributed by atoms with Gasteiger partial charge in [0.05, 0.1) is 10.6 Å². The standard InChI is InChI=1S/C12H13N3O2/c1-8-12(9(2)14-13-8)7-10-3-5-11(6-4-10)15(16)17/h3-6H,7H2,1-2H3,(H,13,14). The van der Waals surface area contributed by atoms with Gasteiger partial charge in [0.2, 0.25) is 0 Å². The fourth-order valence-corrected chi connectivity index (χ4v) is 1.77. The van der Waals surface area contributed by atoms with Gasteiger partial charge < -0.3 is 0 Å². The van der Waals surface area contributed by atoms with Crippen LogP contribution < -0.4 is 0 Å². The van der Waals surface area contributed by atoms with Crippen LogP contribution in [0.5, 0.6) is 0 Å². The molecule has 0 aliphatic heterocycles. The molecular formula is C12H13N3O2. The Morgan fingerprint density at radius 2 is 1.94 bits per heavy atom. The van der Waals surface area contributed by atoms with Gasteiger partial charge in [0.25, 0.3) is 5.69 Å². The number of nitrogens with one attached hydrogen (secondary N) is 1. The first-order chi connectivity index (χ1) is 8.08. The van der Waals surface area contributed by atoms with Crippen LogP contribution in [-0.4, -0.2) is 15.1 Å². The van der Waals surface area contributed by atoms with Gasteiger partial charge in [0.1, 0.15) is 0 Å². The van der Waals surface area contributed by atoms with Crippen LogP contribution in [0.2, 0.25) is 0 Å². The smallest absolute Gasteiger partial charge is 0.269 e. The summed E-state index contributed by atoms with van der Waals surface area (Å²) in [6.45, 7) is 3.92. The number of hydrogen-bond acceptors (Lipinski definition) is 3. The van der Waals surface area contributed by atoms with Gasteiger partial charge in [-0.3, -0.25) is 15.2 Å². The minimum atomic E-state index is -0.391. The largest absolute Gasteiger partial charge is 0.282 e. The van der Waals surface area contributed by atoms with Crippen LogP contribution in [0.25, 0.3) is 0 Å². The molecule has 2 rings (SSSR count). The molecule has 0 saturated heterocycles. The second kappa shape index (κ2) is 4.37. The number of benzene rings is 1. The summed E-state index contributed by atoms with van der Waals surface area (Å²) >= 11 is 0. The summed E-state index contributed by atoms with van der Waals surface area (Å²) in [5, 5.41) is 17.6. The summed E-state index contributed by atoms with van der Waals surface area (Å²) in [6.07, 6.45) is 0.742. The molecule has 5 nitrogen and oxygen atoms in total. The first kappa shape index (κ1) is 11.3. The van der Waals surface area contributed by atoms with Crippen molar-refractivity contribution < 1.29 is 4.92 Å². The molecule has 0 saturated carbocycles. The van der Waals surface area contributed by atoms with E-state index in [1.165, 1.54) is 12.1 Å². The number of aryl methyl sites for hydroxylation is 2. The first-order valence-corrected chi connectivity index (χ1v) is 5.31. The van der Waals surface area contributed by atoms with Crippen LogP contribution in [0, 0.1) is 24.0 Å². The molecule has 0 aliphatic carbocycles. The third-order valence-corrected chi connectivity index (χ3v) is 2.81. The number of H-pyrrole nitrogens is 1. The van der Waals surface area contributed by atoms with Gasteiger partial charge in [0, 0.05) is 29.8 Å². The fraction of sp³-hybridized carbons (Fsp3) is 0.250. The molecule has 17 heavy (non-hydrogen) atoms. The van der Waals surface area contributed by atoms with E-state index in [0.717, 1.165) is 28.9 Å². The van der Waals surface area contributed by atoms with Crippen LogP contribution >= 0.6 is 0 Å². The fourth-order valence-electron chi connectivity index (χ4n) is 1.77. The van der Waals surface area contributed by atoms with Gasteiger partial charge in [-0.05, 0) is 19.4 Å². The van der Waals surface area contributed by atoms with Crippen molar-refractivity contribution in [1.29, 1.82) is 0 Å². The van der Waals surface area contributed by atoms with Gasteiger partial charge in [-0.15, -0.1) is 0 Å². The highest BCUT2D eigenvalue weighted by Gasteiger charge is 2.09. The van der Waals surface area contributed by atoms with Gasteiger partial charge in [-0.2, -0.15) is 5.10 Å². The average molecular weight is 231 g/mol. The Labute approximate surface area is 98.6 Å². The van der Waals surface area contributed by atoms with E-state index < -0.39 is 4.92 Å². The Morgan fingerprint density at radius 3 is 2.41 bits per heavy atom. The SMILES string of the molecule is Cc1n[nH]c(C)c1Cc1ccc([N+](=O)[O-])cc1. The number of nitro benzene ring substituents is 1. The Kier molecular flexibility index (Phi) is 2.91. The van der Waals surface area contributed by atoms with Crippen LogP contribution in [0.4, 0.5) is 5.69 Å². The Balaban J connectivity index is 2.22. The molecule has 1 aromatic heterocycles. The number of rotatable bonds is 3. The van der Waals surface area contributed by atoms with Gasteiger partial charge in [0.15, 0.2) is 0 Å². The van der Waals surface area contributed by atoms with Crippen molar-refractivity contribution in [2.75, 3.05) is 0 Å². The van der Waals surface area contributed by atoms with E-state index in [9.17, 15) is 10.1 Å². The molecule has 0 amide bonds. The second-order valence-corrected chi connectivity index (χ2v) is 4.01. The van der Waals surface area contributed by atoms with Crippen molar-refractivity contribution in [2.24, 2.45) is 0 Å².